The third-order valence-corrected chi connectivity index (χ3v) is 5.08. The number of rotatable bonds is 4. The number of carbonyl (C=O) groups excluding carboxylic acids is 1. The van der Waals surface area contributed by atoms with E-state index in [2.05, 4.69) is 21.1 Å². The first-order chi connectivity index (χ1) is 14.3. The van der Waals surface area contributed by atoms with Crippen molar-refractivity contribution < 1.29 is 14.6 Å². The summed E-state index contributed by atoms with van der Waals surface area (Å²) in [5, 5.41) is 24.1. The number of amides is 1. The number of aliphatic hydroxyl groups is 1. The molecule has 0 spiro atoms. The minimum atomic E-state index is -0.604. The number of aromatic nitrogens is 5. The number of nitriles is 1. The Hall–Kier alpha value is -3.45. The second kappa shape index (κ2) is 7.11. The van der Waals surface area contributed by atoms with Gasteiger partial charge in [0, 0.05) is 23.3 Å². The standard InChI is InChI=1S/C20H23N7O3/c1-19(2,3)30-18(29)26-10-20(11-26,5-6-21)27-9-14(8-24-27)16-15-4-7-25(13-28)17(15)23-12-22-16/h4,7-9,12,28H,5,10-11,13H2,1-3H3. The van der Waals surface area contributed by atoms with Crippen molar-refractivity contribution in [2.45, 2.75) is 45.1 Å². The molecule has 0 bridgehead atoms. The molecule has 1 N–H and O–H groups in total. The molecule has 3 aromatic rings. The lowest BCUT2D eigenvalue weighted by molar-refractivity contribution is -0.0314. The highest BCUT2D eigenvalue weighted by Gasteiger charge is 2.48. The Morgan fingerprint density at radius 3 is 2.80 bits per heavy atom. The molecule has 0 radical (unpaired) electrons. The smallest absolute Gasteiger partial charge is 0.410 e. The number of hydrogen-bond acceptors (Lipinski definition) is 7. The molecule has 0 aliphatic carbocycles. The van der Waals surface area contributed by atoms with Gasteiger partial charge in [0.05, 0.1) is 37.5 Å². The van der Waals surface area contributed by atoms with Crippen molar-refractivity contribution in [2.75, 3.05) is 13.1 Å². The Morgan fingerprint density at radius 1 is 1.37 bits per heavy atom. The van der Waals surface area contributed by atoms with Crippen LogP contribution in [0.1, 0.15) is 27.2 Å². The monoisotopic (exact) mass is 409 g/mol. The Bertz CT molecular complexity index is 1130. The molecule has 30 heavy (non-hydrogen) atoms. The molecule has 10 nitrogen and oxygen atoms in total. The predicted molar refractivity (Wildman–Crippen MR) is 107 cm³/mol. The number of nitrogens with zero attached hydrogens (tertiary/aromatic N) is 7. The van der Waals surface area contributed by atoms with Crippen LogP contribution in [0.15, 0.2) is 31.0 Å². The van der Waals surface area contributed by atoms with Crippen LogP contribution in [0.2, 0.25) is 0 Å². The molecular weight excluding hydrogens is 386 g/mol. The normalized spacial score (nSPS) is 15.6. The van der Waals surface area contributed by atoms with Crippen molar-refractivity contribution in [1.29, 1.82) is 5.26 Å². The van der Waals surface area contributed by atoms with Gasteiger partial charge in [-0.2, -0.15) is 10.4 Å². The lowest BCUT2D eigenvalue weighted by Crippen LogP contribution is -2.64. The summed E-state index contributed by atoms with van der Waals surface area (Å²) in [6.45, 7) is 5.97. The second-order valence-electron chi connectivity index (χ2n) is 8.46. The van der Waals surface area contributed by atoms with Gasteiger partial charge < -0.3 is 19.3 Å². The minimum Gasteiger partial charge on any atom is -0.444 e. The third kappa shape index (κ3) is 3.37. The van der Waals surface area contributed by atoms with Gasteiger partial charge in [0.1, 0.15) is 29.8 Å². The minimum absolute atomic E-state index is 0.176. The van der Waals surface area contributed by atoms with Gasteiger partial charge in [-0.1, -0.05) is 0 Å². The molecule has 0 saturated carbocycles. The second-order valence-corrected chi connectivity index (χ2v) is 8.46. The Balaban J connectivity index is 1.61. The van der Waals surface area contributed by atoms with E-state index in [9.17, 15) is 15.2 Å². The van der Waals surface area contributed by atoms with Crippen molar-refractivity contribution in [3.63, 3.8) is 0 Å². The van der Waals surface area contributed by atoms with Crippen molar-refractivity contribution >= 4 is 17.1 Å². The zero-order valence-corrected chi connectivity index (χ0v) is 17.1. The van der Waals surface area contributed by atoms with E-state index in [0.717, 1.165) is 10.9 Å². The van der Waals surface area contributed by atoms with Crippen LogP contribution in [-0.4, -0.2) is 59.1 Å². The van der Waals surface area contributed by atoms with E-state index in [-0.39, 0.29) is 13.2 Å². The van der Waals surface area contributed by atoms with Gasteiger partial charge in [-0.15, -0.1) is 0 Å². The van der Waals surface area contributed by atoms with Crippen molar-refractivity contribution in [3.05, 3.63) is 31.0 Å². The number of carbonyl (C=O) groups is 1. The Kier molecular flexibility index (Phi) is 4.70. The Morgan fingerprint density at radius 2 is 2.13 bits per heavy atom. The highest BCUT2D eigenvalue weighted by molar-refractivity contribution is 5.90. The maximum Gasteiger partial charge on any atom is 0.410 e. The molecular formula is C20H23N7O3. The van der Waals surface area contributed by atoms with Gasteiger partial charge in [0.2, 0.25) is 0 Å². The average molecular weight is 409 g/mol. The van der Waals surface area contributed by atoms with Crippen LogP contribution in [0, 0.1) is 11.3 Å². The van der Waals surface area contributed by atoms with Crippen molar-refractivity contribution in [1.82, 2.24) is 29.2 Å². The number of likely N-dealkylation sites (tertiary alicyclic amines) is 1. The summed E-state index contributed by atoms with van der Waals surface area (Å²) in [4.78, 5) is 22.5. The third-order valence-electron chi connectivity index (χ3n) is 5.08. The van der Waals surface area contributed by atoms with Gasteiger partial charge in [-0.25, -0.2) is 14.8 Å². The van der Waals surface area contributed by atoms with Gasteiger partial charge in [0.15, 0.2) is 0 Å². The van der Waals surface area contributed by atoms with Crippen LogP contribution >= 0.6 is 0 Å². The zero-order valence-electron chi connectivity index (χ0n) is 17.1. The highest BCUT2D eigenvalue weighted by Crippen LogP contribution is 2.35. The van der Waals surface area contributed by atoms with Gasteiger partial charge in [-0.05, 0) is 26.8 Å². The molecule has 0 unspecified atom stereocenters. The van der Waals surface area contributed by atoms with Crippen molar-refractivity contribution in [3.8, 4) is 17.3 Å². The molecule has 0 aromatic carbocycles. The largest absolute Gasteiger partial charge is 0.444 e. The van der Waals surface area contributed by atoms with Crippen LogP contribution in [-0.2, 0) is 17.0 Å². The van der Waals surface area contributed by atoms with E-state index in [0.29, 0.717) is 24.4 Å². The quantitative estimate of drug-likeness (QED) is 0.700. The zero-order chi connectivity index (χ0) is 21.5. The molecule has 1 aliphatic rings. The molecule has 1 saturated heterocycles. The molecule has 1 amide bonds. The maximum atomic E-state index is 12.3. The first kappa shape index (κ1) is 19.8. The molecule has 3 aromatic heterocycles. The summed E-state index contributed by atoms with van der Waals surface area (Å²) >= 11 is 0. The SMILES string of the molecule is CC(C)(C)OC(=O)N1CC(CC#N)(n2cc(-c3ncnc4c3ccn4CO)cn2)C1. The van der Waals surface area contributed by atoms with Crippen LogP contribution in [0.5, 0.6) is 0 Å². The number of fused-ring (bicyclic) bond motifs is 1. The summed E-state index contributed by atoms with van der Waals surface area (Å²) in [5.74, 6) is 0. The molecule has 0 atom stereocenters. The number of hydrogen-bond donors (Lipinski definition) is 1. The topological polar surface area (TPSA) is 122 Å². The first-order valence-corrected chi connectivity index (χ1v) is 9.57. The lowest BCUT2D eigenvalue weighted by atomic mass is 9.87. The summed E-state index contributed by atoms with van der Waals surface area (Å²) in [6.07, 6.45) is 6.53. The molecule has 1 aliphatic heterocycles. The maximum absolute atomic E-state index is 12.3. The fraction of sp³-hybridized carbons (Fsp3) is 0.450. The summed E-state index contributed by atoms with van der Waals surface area (Å²) in [7, 11) is 0. The van der Waals surface area contributed by atoms with Crippen molar-refractivity contribution in [2.24, 2.45) is 0 Å². The molecule has 156 valence electrons. The van der Waals surface area contributed by atoms with E-state index in [1.807, 2.05) is 33.0 Å². The van der Waals surface area contributed by atoms with Gasteiger partial charge in [0.25, 0.3) is 0 Å². The van der Waals surface area contributed by atoms with E-state index in [4.69, 9.17) is 4.74 Å². The summed E-state index contributed by atoms with van der Waals surface area (Å²) < 4.78 is 8.78. The van der Waals surface area contributed by atoms with Crippen LogP contribution in [0.25, 0.3) is 22.3 Å². The van der Waals surface area contributed by atoms with E-state index >= 15 is 0 Å². The van der Waals surface area contributed by atoms with Gasteiger partial charge >= 0.3 is 6.09 Å². The summed E-state index contributed by atoms with van der Waals surface area (Å²) in [6, 6.07) is 4.05. The van der Waals surface area contributed by atoms with E-state index < -0.39 is 17.2 Å². The highest BCUT2D eigenvalue weighted by atomic mass is 16.6. The number of aliphatic hydroxyl groups excluding tert-OH is 1. The average Bonchev–Trinajstić information content (AvgIpc) is 3.29. The van der Waals surface area contributed by atoms with Crippen LogP contribution < -0.4 is 0 Å². The van der Waals surface area contributed by atoms with Crippen LogP contribution in [0.4, 0.5) is 4.79 Å². The lowest BCUT2D eigenvalue weighted by Gasteiger charge is -2.48. The first-order valence-electron chi connectivity index (χ1n) is 9.57. The fourth-order valence-corrected chi connectivity index (χ4v) is 3.66. The molecule has 4 heterocycles. The Labute approximate surface area is 173 Å². The van der Waals surface area contributed by atoms with E-state index in [1.165, 1.54) is 6.33 Å². The predicted octanol–water partition coefficient (Wildman–Crippen LogP) is 2.10. The fourth-order valence-electron chi connectivity index (χ4n) is 3.66. The van der Waals surface area contributed by atoms with Crippen LogP contribution in [0.3, 0.4) is 0 Å². The molecule has 1 fully saturated rings. The van der Waals surface area contributed by atoms with E-state index in [1.54, 1.807) is 26.5 Å². The molecule has 4 rings (SSSR count). The number of ether oxygens (including phenoxy) is 1. The molecule has 10 heteroatoms. The summed E-state index contributed by atoms with van der Waals surface area (Å²) in [5.41, 5.74) is 0.904. The van der Waals surface area contributed by atoms with Gasteiger partial charge in [-0.3, -0.25) is 4.68 Å².